The van der Waals surface area contributed by atoms with E-state index in [4.69, 9.17) is 0 Å². The largest absolute Gasteiger partial charge is 0.325 e. The fraction of sp³-hybridized carbons (Fsp3) is 0.650. The second-order valence-corrected chi connectivity index (χ2v) is 10.2. The van der Waals surface area contributed by atoms with Crippen molar-refractivity contribution in [1.82, 2.24) is 4.90 Å². The molecule has 1 amide bonds. The van der Waals surface area contributed by atoms with E-state index < -0.39 is 20.8 Å². The predicted octanol–water partition coefficient (Wildman–Crippen LogP) is 2.11. The summed E-state index contributed by atoms with van der Waals surface area (Å²) in [6.45, 7) is 4.27. The van der Waals surface area contributed by atoms with Crippen LogP contribution in [0.3, 0.4) is 0 Å². The normalized spacial score (nSPS) is 22.4. The number of carbonyl (C=O) groups excluding carboxylic acids is 1. The minimum atomic E-state index is -3.40. The number of nitrogens with one attached hydrogen (secondary N) is 1. The van der Waals surface area contributed by atoms with Crippen LogP contribution in [0.4, 0.5) is 5.69 Å². The Morgan fingerprint density at radius 1 is 1.15 bits per heavy atom. The van der Waals surface area contributed by atoms with Gasteiger partial charge in [0.25, 0.3) is 0 Å². The summed E-state index contributed by atoms with van der Waals surface area (Å²) in [6, 6.07) is 2.31. The molecule has 1 aromatic rings. The van der Waals surface area contributed by atoms with E-state index >= 15 is 0 Å². The number of amides is 1. The van der Waals surface area contributed by atoms with Crippen LogP contribution in [0.15, 0.2) is 6.07 Å². The topological polar surface area (TPSA) is 66.5 Å². The molecule has 1 unspecified atom stereocenters. The van der Waals surface area contributed by atoms with Crippen molar-refractivity contribution in [3.63, 3.8) is 0 Å². The van der Waals surface area contributed by atoms with Gasteiger partial charge in [-0.05, 0) is 80.3 Å². The number of hydrogen-bond acceptors (Lipinski definition) is 4. The number of carbonyl (C=O) groups is 1. The Morgan fingerprint density at radius 3 is 2.38 bits per heavy atom. The van der Waals surface area contributed by atoms with Crippen molar-refractivity contribution in [2.24, 2.45) is 0 Å². The highest BCUT2D eigenvalue weighted by atomic mass is 32.2. The quantitative estimate of drug-likeness (QED) is 0.855. The summed E-state index contributed by atoms with van der Waals surface area (Å²) in [5, 5.41) is 2.61. The average molecular weight is 377 g/mol. The highest BCUT2D eigenvalue weighted by molar-refractivity contribution is 7.92. The molecule has 1 fully saturated rings. The second kappa shape index (κ2) is 6.97. The number of hydrogen-bond donors (Lipinski definition) is 1. The monoisotopic (exact) mass is 376 g/mol. The molecular formula is C20H28N2O3S. The molecule has 0 radical (unpaired) electrons. The molecule has 1 atom stereocenters. The number of anilines is 1. The van der Waals surface area contributed by atoms with Gasteiger partial charge in [-0.2, -0.15) is 0 Å². The number of likely N-dealkylation sites (tertiary alicyclic amines) is 1. The van der Waals surface area contributed by atoms with Gasteiger partial charge < -0.3 is 10.2 Å². The van der Waals surface area contributed by atoms with E-state index in [1.54, 1.807) is 0 Å². The van der Waals surface area contributed by atoms with Crippen LogP contribution in [0.5, 0.6) is 0 Å². The van der Waals surface area contributed by atoms with Gasteiger partial charge in [-0.25, -0.2) is 8.42 Å². The fourth-order valence-corrected chi connectivity index (χ4v) is 6.40. The highest BCUT2D eigenvalue weighted by Gasteiger charge is 2.34. The number of fused-ring (bicyclic) bond motifs is 2. The lowest BCUT2D eigenvalue weighted by Gasteiger charge is -2.17. The molecule has 1 N–H and O–H groups in total. The third kappa shape index (κ3) is 3.29. The summed E-state index contributed by atoms with van der Waals surface area (Å²) in [7, 11) is -3.40. The molecule has 0 bridgehead atoms. The van der Waals surface area contributed by atoms with Gasteiger partial charge in [0, 0.05) is 12.2 Å². The minimum Gasteiger partial charge on any atom is -0.325 e. The highest BCUT2D eigenvalue weighted by Crippen LogP contribution is 2.38. The molecule has 1 aliphatic heterocycles. The van der Waals surface area contributed by atoms with Gasteiger partial charge in [-0.3, -0.25) is 4.79 Å². The second-order valence-electron chi connectivity index (χ2n) is 7.89. The van der Waals surface area contributed by atoms with Crippen molar-refractivity contribution in [1.29, 1.82) is 0 Å². The van der Waals surface area contributed by atoms with E-state index in [1.165, 1.54) is 22.3 Å². The Kier molecular flexibility index (Phi) is 4.82. The van der Waals surface area contributed by atoms with E-state index in [9.17, 15) is 13.2 Å². The molecule has 1 saturated heterocycles. The summed E-state index contributed by atoms with van der Waals surface area (Å²) in [5.74, 6) is -0.762. The van der Waals surface area contributed by atoms with Crippen molar-refractivity contribution < 1.29 is 13.2 Å². The minimum absolute atomic E-state index is 0.366. The summed E-state index contributed by atoms with van der Waals surface area (Å²) in [4.78, 5) is 14.8. The molecule has 142 valence electrons. The number of sulfone groups is 1. The first kappa shape index (κ1) is 18.0. The lowest BCUT2D eigenvalue weighted by Crippen LogP contribution is -2.33. The fourth-order valence-electron chi connectivity index (χ4n) is 4.82. The van der Waals surface area contributed by atoms with Crippen molar-refractivity contribution in [2.45, 2.75) is 57.1 Å². The van der Waals surface area contributed by atoms with Crippen molar-refractivity contribution in [3.8, 4) is 0 Å². The van der Waals surface area contributed by atoms with Crippen molar-refractivity contribution in [2.75, 3.05) is 30.7 Å². The molecular weight excluding hydrogens is 348 g/mol. The van der Waals surface area contributed by atoms with E-state index in [0.29, 0.717) is 13.0 Å². The van der Waals surface area contributed by atoms with E-state index in [1.807, 2.05) is 6.92 Å². The van der Waals surface area contributed by atoms with E-state index in [0.717, 1.165) is 57.3 Å². The molecule has 1 heterocycles. The lowest BCUT2D eigenvalue weighted by atomic mass is 9.98. The van der Waals surface area contributed by atoms with Crippen LogP contribution in [-0.2, 0) is 40.3 Å². The van der Waals surface area contributed by atoms with E-state index in [2.05, 4.69) is 16.3 Å². The Hall–Kier alpha value is -1.40. The van der Waals surface area contributed by atoms with Crippen LogP contribution in [0, 0.1) is 0 Å². The molecule has 3 aliphatic rings. The summed E-state index contributed by atoms with van der Waals surface area (Å²) in [5.41, 5.74) is 6.12. The van der Waals surface area contributed by atoms with Gasteiger partial charge in [0.1, 0.15) is 5.75 Å². The first-order valence-electron chi connectivity index (χ1n) is 9.88. The molecule has 6 heteroatoms. The molecule has 0 saturated carbocycles. The first-order valence-corrected chi connectivity index (χ1v) is 11.6. The predicted molar refractivity (Wildman–Crippen MR) is 103 cm³/mol. The molecule has 0 spiro atoms. The van der Waals surface area contributed by atoms with Crippen LogP contribution in [-0.4, -0.2) is 49.9 Å². The number of aryl methyl sites for hydroxylation is 2. The maximum absolute atomic E-state index is 12.7. The zero-order chi connectivity index (χ0) is 18.3. The Bertz CT molecular complexity index is 800. The van der Waals surface area contributed by atoms with Crippen LogP contribution < -0.4 is 5.32 Å². The van der Waals surface area contributed by atoms with E-state index in [-0.39, 0.29) is 5.91 Å². The Morgan fingerprint density at radius 2 is 1.81 bits per heavy atom. The van der Waals surface area contributed by atoms with Crippen molar-refractivity contribution in [3.05, 3.63) is 28.3 Å². The number of benzene rings is 1. The zero-order valence-electron chi connectivity index (χ0n) is 15.5. The Balaban J connectivity index is 1.51. The molecule has 26 heavy (non-hydrogen) atoms. The number of nitrogens with zero attached hydrogens (tertiary/aromatic N) is 1. The Labute approximate surface area is 156 Å². The summed E-state index contributed by atoms with van der Waals surface area (Å²) < 4.78 is 25.3. The van der Waals surface area contributed by atoms with Crippen LogP contribution >= 0.6 is 0 Å². The van der Waals surface area contributed by atoms with Crippen LogP contribution in [0.25, 0.3) is 0 Å². The molecule has 5 nitrogen and oxygen atoms in total. The summed E-state index contributed by atoms with van der Waals surface area (Å²) >= 11 is 0. The van der Waals surface area contributed by atoms with Gasteiger partial charge in [-0.15, -0.1) is 0 Å². The average Bonchev–Trinajstić information content (AvgIpc) is 3.33. The summed E-state index contributed by atoms with van der Waals surface area (Å²) in [6.07, 6.45) is 6.98. The van der Waals surface area contributed by atoms with Crippen LogP contribution in [0.2, 0.25) is 0 Å². The maximum atomic E-state index is 12.7. The van der Waals surface area contributed by atoms with Gasteiger partial charge in [-0.1, -0.05) is 13.0 Å². The van der Waals surface area contributed by atoms with Crippen molar-refractivity contribution >= 4 is 21.4 Å². The third-order valence-corrected chi connectivity index (χ3v) is 8.32. The van der Waals surface area contributed by atoms with Gasteiger partial charge >= 0.3 is 0 Å². The maximum Gasteiger partial charge on any atom is 0.239 e. The molecule has 0 aromatic heterocycles. The number of rotatable bonds is 5. The van der Waals surface area contributed by atoms with Gasteiger partial charge in [0.05, 0.1) is 5.25 Å². The lowest BCUT2D eigenvalue weighted by molar-refractivity contribution is -0.113. The smallest absolute Gasteiger partial charge is 0.239 e. The molecule has 4 rings (SSSR count). The standard InChI is InChI=1S/C20H28N2O3S/c1-2-22-10-9-16(12-22)26(24,25)13-19(23)21-20-17-7-3-5-14(17)11-15-6-4-8-18(15)20/h11,16H,2-10,12-13H2,1H3,(H,21,23). The van der Waals surface area contributed by atoms with Gasteiger partial charge in [0.2, 0.25) is 5.91 Å². The van der Waals surface area contributed by atoms with Gasteiger partial charge in [0.15, 0.2) is 9.84 Å². The SMILES string of the molecule is CCN1CCC(S(=O)(=O)CC(=O)Nc2c3c(cc4c2CCC4)CCC3)C1. The molecule has 2 aliphatic carbocycles. The zero-order valence-corrected chi connectivity index (χ0v) is 16.3. The third-order valence-electron chi connectivity index (χ3n) is 6.25. The van der Waals surface area contributed by atoms with Crippen LogP contribution in [0.1, 0.15) is 48.4 Å². The molecule has 1 aromatic carbocycles. The first-order chi connectivity index (χ1) is 12.5.